The lowest BCUT2D eigenvalue weighted by Gasteiger charge is -2.08. The Morgan fingerprint density at radius 1 is 1.25 bits per heavy atom. The number of hydrogen-bond donors (Lipinski definition) is 0. The van der Waals surface area contributed by atoms with Gasteiger partial charge in [0.15, 0.2) is 12.4 Å². The Kier molecular flexibility index (Phi) is 5.38. The van der Waals surface area contributed by atoms with Crippen LogP contribution >= 0.6 is 0 Å². The van der Waals surface area contributed by atoms with Crippen molar-refractivity contribution >= 4 is 0 Å². The molecule has 0 bridgehead atoms. The molecule has 1 unspecified atom stereocenters. The highest BCUT2D eigenvalue weighted by atomic mass is 19.4. The second kappa shape index (κ2) is 7.74. The van der Waals surface area contributed by atoms with Gasteiger partial charge in [0.05, 0.1) is 5.69 Å². The van der Waals surface area contributed by atoms with Gasteiger partial charge in [0.25, 0.3) is 5.56 Å². The van der Waals surface area contributed by atoms with Gasteiger partial charge in [-0.05, 0) is 13.0 Å². The minimum Gasteiger partial charge on any atom is -0.454 e. The molecule has 3 aromatic rings. The van der Waals surface area contributed by atoms with Crippen molar-refractivity contribution in [2.24, 2.45) is 0 Å². The van der Waals surface area contributed by atoms with Crippen LogP contribution in [0.2, 0.25) is 0 Å². The molecule has 0 aliphatic carbocycles. The highest BCUT2D eigenvalue weighted by molar-refractivity contribution is 5.55. The average molecular weight is 399 g/mol. The summed E-state index contributed by atoms with van der Waals surface area (Å²) in [5, 5.41) is 7.69. The molecule has 1 atom stereocenters. The first-order valence-electron chi connectivity index (χ1n) is 7.91. The zero-order chi connectivity index (χ0) is 20.3. The summed E-state index contributed by atoms with van der Waals surface area (Å²) >= 11 is 0. The summed E-state index contributed by atoms with van der Waals surface area (Å²) in [6.07, 6.45) is -3.39. The number of rotatable bonds is 6. The molecule has 3 aromatic heterocycles. The number of hydrogen-bond acceptors (Lipinski definition) is 7. The van der Waals surface area contributed by atoms with Crippen molar-refractivity contribution in [3.05, 3.63) is 52.4 Å². The number of ether oxygens (including phenoxy) is 1. The molecule has 0 aliphatic rings. The van der Waals surface area contributed by atoms with Gasteiger partial charge < -0.3 is 9.26 Å². The zero-order valence-corrected chi connectivity index (χ0v) is 14.4. The van der Waals surface area contributed by atoms with Crippen molar-refractivity contribution in [2.45, 2.75) is 25.8 Å². The Morgan fingerprint density at radius 2 is 1.96 bits per heavy atom. The van der Waals surface area contributed by atoms with Crippen molar-refractivity contribution in [3.8, 4) is 17.3 Å². The minimum atomic E-state index is -4.50. The fraction of sp³-hybridized carbons (Fsp3) is 0.312. The lowest BCUT2D eigenvalue weighted by atomic mass is 10.2. The molecule has 3 heterocycles. The van der Waals surface area contributed by atoms with E-state index in [1.54, 1.807) is 0 Å². The molecular weight excluding hydrogens is 386 g/mol. The van der Waals surface area contributed by atoms with E-state index in [1.807, 2.05) is 0 Å². The average Bonchev–Trinajstić information content (AvgIpc) is 3.11. The molecule has 28 heavy (non-hydrogen) atoms. The van der Waals surface area contributed by atoms with Crippen molar-refractivity contribution < 1.29 is 26.8 Å². The quantitative estimate of drug-likeness (QED) is 0.588. The molecule has 12 heteroatoms. The second-order valence-electron chi connectivity index (χ2n) is 5.71. The van der Waals surface area contributed by atoms with E-state index in [4.69, 9.17) is 4.52 Å². The van der Waals surface area contributed by atoms with Crippen LogP contribution in [0.15, 0.2) is 39.9 Å². The van der Waals surface area contributed by atoms with Crippen LogP contribution in [-0.2, 0) is 6.54 Å². The maximum Gasteiger partial charge on any atom is 0.422 e. The minimum absolute atomic E-state index is 0.0833. The smallest absolute Gasteiger partial charge is 0.422 e. The van der Waals surface area contributed by atoms with Crippen molar-refractivity contribution in [2.75, 3.05) is 6.61 Å². The molecule has 0 radical (unpaired) electrons. The molecule has 0 saturated heterocycles. The van der Waals surface area contributed by atoms with E-state index < -0.39 is 30.5 Å². The third-order valence-electron chi connectivity index (χ3n) is 3.45. The fourth-order valence-corrected chi connectivity index (χ4v) is 2.12. The fourth-order valence-electron chi connectivity index (χ4n) is 2.12. The van der Waals surface area contributed by atoms with Crippen molar-refractivity contribution in [1.82, 2.24) is 24.9 Å². The van der Waals surface area contributed by atoms with E-state index in [0.29, 0.717) is 11.3 Å². The van der Waals surface area contributed by atoms with Gasteiger partial charge in [-0.2, -0.15) is 18.3 Å². The third-order valence-corrected chi connectivity index (χ3v) is 3.45. The summed E-state index contributed by atoms with van der Waals surface area (Å²) < 4.78 is 60.1. The third kappa shape index (κ3) is 4.90. The van der Waals surface area contributed by atoms with Gasteiger partial charge in [-0.1, -0.05) is 5.16 Å². The topological polar surface area (TPSA) is 95.9 Å². The SMILES string of the molecule is CC(F)c1cc(Cn2nc(-c3cnc(OCC(F)(F)F)nc3)ccc2=O)on1. The Morgan fingerprint density at radius 3 is 2.57 bits per heavy atom. The standard InChI is InChI=1S/C16H13F4N5O3/c1-9(17)13-4-11(28-24-13)7-25-14(26)3-2-12(23-25)10-5-21-15(22-6-10)27-8-16(18,19)20/h2-6,9H,7-8H2,1H3. The Labute approximate surface area is 154 Å². The number of alkyl halides is 4. The van der Waals surface area contributed by atoms with Crippen LogP contribution in [0, 0.1) is 0 Å². The summed E-state index contributed by atoms with van der Waals surface area (Å²) in [7, 11) is 0. The summed E-state index contributed by atoms with van der Waals surface area (Å²) in [4.78, 5) is 19.4. The van der Waals surface area contributed by atoms with Gasteiger partial charge in [-0.3, -0.25) is 4.79 Å². The number of aromatic nitrogens is 5. The highest BCUT2D eigenvalue weighted by Gasteiger charge is 2.28. The first kappa shape index (κ1) is 19.5. The summed E-state index contributed by atoms with van der Waals surface area (Å²) in [5.74, 6) is 0.235. The van der Waals surface area contributed by atoms with Crippen LogP contribution in [-0.4, -0.2) is 37.7 Å². The van der Waals surface area contributed by atoms with Gasteiger partial charge in [-0.15, -0.1) is 0 Å². The first-order chi connectivity index (χ1) is 13.2. The summed E-state index contributed by atoms with van der Waals surface area (Å²) in [6.45, 7) is -0.291. The van der Waals surface area contributed by atoms with Crippen LogP contribution < -0.4 is 10.3 Å². The molecule has 0 saturated carbocycles. The van der Waals surface area contributed by atoms with E-state index in [9.17, 15) is 22.4 Å². The van der Waals surface area contributed by atoms with Crippen LogP contribution in [0.4, 0.5) is 17.6 Å². The normalized spacial score (nSPS) is 12.8. The van der Waals surface area contributed by atoms with E-state index >= 15 is 0 Å². The highest BCUT2D eigenvalue weighted by Crippen LogP contribution is 2.19. The summed E-state index contributed by atoms with van der Waals surface area (Å²) in [6, 6.07) is 3.58. The van der Waals surface area contributed by atoms with Gasteiger partial charge in [0.1, 0.15) is 18.4 Å². The maximum absolute atomic E-state index is 13.2. The molecule has 148 valence electrons. The molecule has 0 amide bonds. The Balaban J connectivity index is 1.77. The van der Waals surface area contributed by atoms with E-state index in [0.717, 1.165) is 4.68 Å². The Bertz CT molecular complexity index is 999. The Hall–Kier alpha value is -3.31. The van der Waals surface area contributed by atoms with Crippen molar-refractivity contribution in [3.63, 3.8) is 0 Å². The zero-order valence-electron chi connectivity index (χ0n) is 14.4. The van der Waals surface area contributed by atoms with Crippen molar-refractivity contribution in [1.29, 1.82) is 0 Å². The lowest BCUT2D eigenvalue weighted by Crippen LogP contribution is -2.22. The maximum atomic E-state index is 13.2. The molecule has 0 N–H and O–H groups in total. The van der Waals surface area contributed by atoms with Crippen LogP contribution in [0.25, 0.3) is 11.3 Å². The molecule has 0 aliphatic heterocycles. The predicted octanol–water partition coefficient (Wildman–Crippen LogP) is 2.71. The van der Waals surface area contributed by atoms with E-state index in [-0.39, 0.29) is 18.0 Å². The largest absolute Gasteiger partial charge is 0.454 e. The van der Waals surface area contributed by atoms with Crippen LogP contribution in [0.1, 0.15) is 24.5 Å². The monoisotopic (exact) mass is 399 g/mol. The van der Waals surface area contributed by atoms with Gasteiger partial charge in [0.2, 0.25) is 0 Å². The molecule has 8 nitrogen and oxygen atoms in total. The van der Waals surface area contributed by atoms with E-state index in [2.05, 4.69) is 25.0 Å². The molecular formula is C16H13F4N5O3. The first-order valence-corrected chi connectivity index (χ1v) is 7.91. The van der Waals surface area contributed by atoms with Crippen LogP contribution in [0.5, 0.6) is 6.01 Å². The number of nitrogens with zero attached hydrogens (tertiary/aromatic N) is 5. The molecule has 0 spiro atoms. The van der Waals surface area contributed by atoms with E-state index in [1.165, 1.54) is 37.5 Å². The lowest BCUT2D eigenvalue weighted by molar-refractivity contribution is -0.154. The van der Waals surface area contributed by atoms with Gasteiger partial charge in [0, 0.05) is 30.1 Å². The van der Waals surface area contributed by atoms with Crippen LogP contribution in [0.3, 0.4) is 0 Å². The van der Waals surface area contributed by atoms with Gasteiger partial charge in [-0.25, -0.2) is 19.0 Å². The van der Waals surface area contributed by atoms with Gasteiger partial charge >= 0.3 is 12.2 Å². The summed E-state index contributed by atoms with van der Waals surface area (Å²) in [5.41, 5.74) is 0.299. The molecule has 0 fully saturated rings. The molecule has 3 rings (SSSR count). The molecule has 0 aromatic carbocycles. The second-order valence-corrected chi connectivity index (χ2v) is 5.71. The predicted molar refractivity (Wildman–Crippen MR) is 86.2 cm³/mol. The number of halogens is 4.